The molecule has 0 saturated carbocycles. The number of aliphatic hydroxyl groups is 2. The first-order valence-corrected chi connectivity index (χ1v) is 23.9. The number of rotatable bonds is 39. The lowest BCUT2D eigenvalue weighted by molar-refractivity contribution is -0.161. The number of phosphoric ester groups is 1. The second-order valence-electron chi connectivity index (χ2n) is 15.5. The quantitative estimate of drug-likeness (QED) is 0.0154. The van der Waals surface area contributed by atoms with E-state index in [0.717, 1.165) is 31.6 Å². The fourth-order valence-corrected chi connectivity index (χ4v) is 6.36. The van der Waals surface area contributed by atoms with Crippen molar-refractivity contribution in [3.05, 3.63) is 72.9 Å². The summed E-state index contributed by atoms with van der Waals surface area (Å²) < 4.78 is 26.3. The molecule has 0 aromatic carbocycles. The molecule has 0 aliphatic rings. The molecule has 334 valence electrons. The largest absolute Gasteiger partial charge is 0.469 e. The molecule has 0 aromatic heterocycles. The van der Waals surface area contributed by atoms with Gasteiger partial charge in [-0.15, -0.1) is 0 Å². The van der Waals surface area contributed by atoms with Gasteiger partial charge in [0.25, 0.3) is 0 Å². The molecule has 0 saturated heterocycles. The average Bonchev–Trinajstić information content (AvgIpc) is 3.17. The standard InChI is InChI=1S/C47H81O10P/c1-4-5-26-34-43(48)35-28-22-18-16-19-23-29-36-44(49)37-30-25-32-39-47(51)57-45(41-56-58(52,53)54)40-55-46(50)38-31-24-20-15-13-11-9-7-6-8-10-12-14-17-21-27-33-42(2)3/h5,18-19,22-23,26,28-30,35-37,42-45,48-49H,4,6-17,20-21,24-25,27,31-34,38-41H2,1-3H3,(H2,52,53,54)/b22-18-,23-19-,26-5-,35-28+,36-29+,37-30-/t43-,44-,45+/m0/s1. The van der Waals surface area contributed by atoms with E-state index < -0.39 is 44.7 Å². The van der Waals surface area contributed by atoms with Gasteiger partial charge in [-0.1, -0.05) is 196 Å². The van der Waals surface area contributed by atoms with Gasteiger partial charge in [-0.05, 0) is 44.4 Å². The van der Waals surface area contributed by atoms with Gasteiger partial charge in [0.2, 0.25) is 0 Å². The molecule has 0 unspecified atom stereocenters. The molecule has 0 heterocycles. The molecule has 11 heteroatoms. The molecule has 3 atom stereocenters. The summed E-state index contributed by atoms with van der Waals surface area (Å²) in [6.07, 6.45) is 44.2. The van der Waals surface area contributed by atoms with Crippen molar-refractivity contribution in [3.8, 4) is 0 Å². The predicted octanol–water partition coefficient (Wildman–Crippen LogP) is 11.6. The topological polar surface area (TPSA) is 160 Å². The van der Waals surface area contributed by atoms with Crippen molar-refractivity contribution in [3.63, 3.8) is 0 Å². The highest BCUT2D eigenvalue weighted by Crippen LogP contribution is 2.36. The van der Waals surface area contributed by atoms with Gasteiger partial charge in [-0.3, -0.25) is 14.1 Å². The zero-order chi connectivity index (χ0) is 43.0. The number of hydrogen-bond acceptors (Lipinski definition) is 8. The Morgan fingerprint density at radius 1 is 0.603 bits per heavy atom. The Kier molecular flexibility index (Phi) is 38.1. The number of allylic oxidation sites excluding steroid dienone is 8. The van der Waals surface area contributed by atoms with Gasteiger partial charge < -0.3 is 29.5 Å². The molecule has 0 fully saturated rings. The van der Waals surface area contributed by atoms with Crippen LogP contribution in [-0.2, 0) is 28.2 Å². The highest BCUT2D eigenvalue weighted by atomic mass is 31.2. The number of aliphatic hydroxyl groups excluding tert-OH is 2. The summed E-state index contributed by atoms with van der Waals surface area (Å²) in [5.74, 6) is -0.237. The molecular weight excluding hydrogens is 755 g/mol. The monoisotopic (exact) mass is 837 g/mol. The van der Waals surface area contributed by atoms with E-state index in [1.165, 1.54) is 83.5 Å². The number of ether oxygens (including phenoxy) is 2. The van der Waals surface area contributed by atoms with Gasteiger partial charge >= 0.3 is 19.8 Å². The Balaban J connectivity index is 4.13. The molecule has 10 nitrogen and oxygen atoms in total. The molecule has 0 spiro atoms. The van der Waals surface area contributed by atoms with E-state index >= 15 is 0 Å². The lowest BCUT2D eigenvalue weighted by atomic mass is 10.0. The zero-order valence-electron chi connectivity index (χ0n) is 36.3. The van der Waals surface area contributed by atoms with E-state index in [1.807, 2.05) is 42.5 Å². The van der Waals surface area contributed by atoms with Gasteiger partial charge in [0.05, 0.1) is 18.8 Å². The number of esters is 2. The SMILES string of the molecule is CC/C=C\C[C@H](O)/C=C/C=C\C/C=C\C=C\[C@H](O)/C=C\CCCC(=O)O[C@H](COC(=O)CCCCCCCCCCCCCCCCCCC(C)C)COP(=O)(O)O. The van der Waals surface area contributed by atoms with Crippen molar-refractivity contribution in [2.24, 2.45) is 5.92 Å². The minimum Gasteiger partial charge on any atom is -0.462 e. The molecule has 0 rings (SSSR count). The van der Waals surface area contributed by atoms with Crippen LogP contribution in [0.25, 0.3) is 0 Å². The number of unbranched alkanes of at least 4 members (excludes halogenated alkanes) is 16. The van der Waals surface area contributed by atoms with Crippen molar-refractivity contribution in [2.75, 3.05) is 13.2 Å². The van der Waals surface area contributed by atoms with E-state index in [-0.39, 0.29) is 19.4 Å². The Morgan fingerprint density at radius 3 is 1.69 bits per heavy atom. The third-order valence-corrected chi connectivity index (χ3v) is 9.83. The van der Waals surface area contributed by atoms with Gasteiger partial charge in [0.15, 0.2) is 6.10 Å². The van der Waals surface area contributed by atoms with Crippen molar-refractivity contribution >= 4 is 19.8 Å². The first-order chi connectivity index (χ1) is 27.9. The molecule has 0 radical (unpaired) electrons. The number of phosphoric acid groups is 1. The van der Waals surface area contributed by atoms with Crippen LogP contribution in [0.2, 0.25) is 0 Å². The van der Waals surface area contributed by atoms with Crippen LogP contribution in [0.5, 0.6) is 0 Å². The molecule has 0 aliphatic heterocycles. The van der Waals surface area contributed by atoms with E-state index in [4.69, 9.17) is 19.3 Å². The molecule has 0 amide bonds. The van der Waals surface area contributed by atoms with Crippen LogP contribution in [0.1, 0.15) is 175 Å². The normalized spacial score (nSPS) is 14.3. The summed E-state index contributed by atoms with van der Waals surface area (Å²) in [6.45, 7) is 5.69. The molecule has 4 N–H and O–H groups in total. The van der Waals surface area contributed by atoms with Crippen molar-refractivity contribution < 1.29 is 48.2 Å². The van der Waals surface area contributed by atoms with Crippen molar-refractivity contribution in [1.29, 1.82) is 0 Å². The summed E-state index contributed by atoms with van der Waals surface area (Å²) in [5.41, 5.74) is 0. The van der Waals surface area contributed by atoms with Crippen LogP contribution in [-0.4, -0.2) is 63.5 Å². The maximum absolute atomic E-state index is 12.4. The third kappa shape index (κ3) is 43.0. The van der Waals surface area contributed by atoms with Gasteiger partial charge in [-0.25, -0.2) is 4.57 Å². The van der Waals surface area contributed by atoms with Gasteiger partial charge in [-0.2, -0.15) is 0 Å². The van der Waals surface area contributed by atoms with Crippen molar-refractivity contribution in [1.82, 2.24) is 0 Å². The van der Waals surface area contributed by atoms with Crippen molar-refractivity contribution in [2.45, 2.75) is 193 Å². The predicted molar refractivity (Wildman–Crippen MR) is 237 cm³/mol. The van der Waals surface area contributed by atoms with Gasteiger partial charge in [0.1, 0.15) is 6.61 Å². The summed E-state index contributed by atoms with van der Waals surface area (Å²) in [6, 6.07) is 0. The Hall–Kier alpha value is -2.59. The molecule has 58 heavy (non-hydrogen) atoms. The summed E-state index contributed by atoms with van der Waals surface area (Å²) in [5, 5.41) is 19.9. The minimum atomic E-state index is -4.82. The number of carbonyl (C=O) groups is 2. The fraction of sp³-hybridized carbons (Fsp3) is 0.702. The molecular formula is C47H81O10P. The van der Waals surface area contributed by atoms with Crippen LogP contribution in [0.4, 0.5) is 0 Å². The number of carbonyl (C=O) groups excluding carboxylic acids is 2. The summed E-state index contributed by atoms with van der Waals surface area (Å²) in [4.78, 5) is 42.9. The Labute approximate surface area is 352 Å². The molecule has 0 bridgehead atoms. The van der Waals surface area contributed by atoms with Crippen LogP contribution >= 0.6 is 7.82 Å². The summed E-state index contributed by atoms with van der Waals surface area (Å²) in [7, 11) is -4.82. The van der Waals surface area contributed by atoms with E-state index in [1.54, 1.807) is 30.4 Å². The van der Waals surface area contributed by atoms with Gasteiger partial charge in [0, 0.05) is 12.8 Å². The second kappa shape index (κ2) is 39.8. The Morgan fingerprint density at radius 2 is 1.14 bits per heavy atom. The fourth-order valence-electron chi connectivity index (χ4n) is 6.00. The van der Waals surface area contributed by atoms with Crippen LogP contribution in [0.15, 0.2) is 72.9 Å². The maximum Gasteiger partial charge on any atom is 0.469 e. The maximum atomic E-state index is 12.4. The second-order valence-corrected chi connectivity index (χ2v) is 16.8. The smallest absolute Gasteiger partial charge is 0.462 e. The van der Waals surface area contributed by atoms with E-state index in [9.17, 15) is 24.4 Å². The highest BCUT2D eigenvalue weighted by Gasteiger charge is 2.22. The number of hydrogen-bond donors (Lipinski definition) is 4. The average molecular weight is 837 g/mol. The highest BCUT2D eigenvalue weighted by molar-refractivity contribution is 7.46. The van der Waals surface area contributed by atoms with Crippen LogP contribution in [0, 0.1) is 5.92 Å². The van der Waals surface area contributed by atoms with E-state index in [0.29, 0.717) is 32.1 Å². The zero-order valence-corrected chi connectivity index (χ0v) is 37.2. The third-order valence-electron chi connectivity index (χ3n) is 9.34. The molecule has 0 aromatic rings. The van der Waals surface area contributed by atoms with E-state index in [2.05, 4.69) is 25.3 Å². The van der Waals surface area contributed by atoms with Crippen LogP contribution in [0.3, 0.4) is 0 Å². The first kappa shape index (κ1) is 55.4. The Bertz CT molecular complexity index is 1220. The molecule has 0 aliphatic carbocycles. The minimum absolute atomic E-state index is 0.0236. The lowest BCUT2D eigenvalue weighted by Gasteiger charge is -2.18. The summed E-state index contributed by atoms with van der Waals surface area (Å²) >= 11 is 0. The first-order valence-electron chi connectivity index (χ1n) is 22.3. The lowest BCUT2D eigenvalue weighted by Crippen LogP contribution is -2.29. The van der Waals surface area contributed by atoms with Crippen LogP contribution < -0.4 is 0 Å².